The molecule has 0 bridgehead atoms. The Balaban J connectivity index is 1.69. The number of rotatable bonds is 9. The molecule has 1 unspecified atom stereocenters. The van der Waals surface area contributed by atoms with Crippen LogP contribution in [0.3, 0.4) is 0 Å². The van der Waals surface area contributed by atoms with E-state index < -0.39 is 5.97 Å². The Hall–Kier alpha value is -1.82. The summed E-state index contributed by atoms with van der Waals surface area (Å²) >= 11 is 1.76. The minimum Gasteiger partial charge on any atom is -0.477 e. The van der Waals surface area contributed by atoms with E-state index in [0.29, 0.717) is 6.42 Å². The fourth-order valence-corrected chi connectivity index (χ4v) is 3.34. The molecule has 0 radical (unpaired) electrons. The van der Waals surface area contributed by atoms with E-state index in [2.05, 4.69) is 10.3 Å². The number of carbonyl (C=O) groups is 2. The highest BCUT2D eigenvalue weighted by atomic mass is 32.2. The predicted octanol–water partition coefficient (Wildman–Crippen LogP) is 3.47. The van der Waals surface area contributed by atoms with E-state index in [1.54, 1.807) is 30.2 Å². The summed E-state index contributed by atoms with van der Waals surface area (Å²) in [5.41, 5.74) is 0.00205. The third kappa shape index (κ3) is 5.67. The molecule has 1 aromatic heterocycles. The number of aliphatic carboxylic acids is 1. The van der Waals surface area contributed by atoms with Gasteiger partial charge >= 0.3 is 5.97 Å². The lowest BCUT2D eigenvalue weighted by molar-refractivity contribution is -0.135. The third-order valence-corrected chi connectivity index (χ3v) is 5.28. The molecule has 1 atom stereocenters. The Morgan fingerprint density at radius 3 is 2.62 bits per heavy atom. The zero-order chi connectivity index (χ0) is 17.6. The highest BCUT2D eigenvalue weighted by Crippen LogP contribution is 2.51. The zero-order valence-electron chi connectivity index (χ0n) is 14.1. The molecular weight excluding hydrogens is 324 g/mol. The van der Waals surface area contributed by atoms with Crippen LogP contribution in [0, 0.1) is 11.3 Å². The molecule has 0 saturated heterocycles. The van der Waals surface area contributed by atoms with E-state index >= 15 is 0 Å². The van der Waals surface area contributed by atoms with Gasteiger partial charge in [-0.15, -0.1) is 11.8 Å². The Bertz CT molecular complexity index is 614. The maximum Gasteiger partial charge on any atom is 0.352 e. The number of hydrogen-bond acceptors (Lipinski definition) is 4. The van der Waals surface area contributed by atoms with Crippen molar-refractivity contribution < 1.29 is 14.7 Å². The lowest BCUT2D eigenvalue weighted by Crippen LogP contribution is -2.29. The maximum atomic E-state index is 12.0. The molecule has 0 aliphatic heterocycles. The summed E-state index contributed by atoms with van der Waals surface area (Å²) in [5.74, 6) is -0.352. The number of carboxylic acid groups (broad SMARTS) is 1. The van der Waals surface area contributed by atoms with Crippen LogP contribution in [-0.2, 0) is 9.59 Å². The first-order valence-corrected chi connectivity index (χ1v) is 9.16. The van der Waals surface area contributed by atoms with Crippen molar-refractivity contribution in [3.05, 3.63) is 36.3 Å². The largest absolute Gasteiger partial charge is 0.477 e. The van der Waals surface area contributed by atoms with Crippen molar-refractivity contribution in [3.8, 4) is 0 Å². The van der Waals surface area contributed by atoms with Crippen molar-refractivity contribution in [3.63, 3.8) is 0 Å². The smallest absolute Gasteiger partial charge is 0.352 e. The lowest BCUT2D eigenvalue weighted by atomic mass is 10.1. The molecule has 1 saturated carbocycles. The second kappa shape index (κ2) is 8.33. The topological polar surface area (TPSA) is 79.3 Å². The molecule has 1 amide bonds. The highest BCUT2D eigenvalue weighted by molar-refractivity contribution is 7.99. The van der Waals surface area contributed by atoms with Crippen LogP contribution in [-0.4, -0.2) is 27.7 Å². The SMILES string of the molecule is CC1(C)CC1C(=O)N/C(=C/CCCCSc1ccncc1)C(=O)O. The number of thioether (sulfide) groups is 1. The fourth-order valence-electron chi connectivity index (χ4n) is 2.44. The van der Waals surface area contributed by atoms with E-state index in [-0.39, 0.29) is 22.9 Å². The molecule has 130 valence electrons. The Morgan fingerprint density at radius 2 is 2.04 bits per heavy atom. The van der Waals surface area contributed by atoms with E-state index in [0.717, 1.165) is 25.0 Å². The summed E-state index contributed by atoms with van der Waals surface area (Å²) in [4.78, 5) is 28.4. The number of nitrogens with zero attached hydrogens (tertiary/aromatic N) is 1. The van der Waals surface area contributed by atoms with Crippen LogP contribution >= 0.6 is 11.8 Å². The average molecular weight is 348 g/mol. The number of unbranched alkanes of at least 4 members (excludes halogenated alkanes) is 2. The van der Waals surface area contributed by atoms with E-state index in [1.807, 2.05) is 26.0 Å². The van der Waals surface area contributed by atoms with Gasteiger partial charge in [0.2, 0.25) is 5.91 Å². The van der Waals surface area contributed by atoms with Gasteiger partial charge in [0.25, 0.3) is 0 Å². The minimum absolute atomic E-state index is 0.00211. The van der Waals surface area contributed by atoms with E-state index in [9.17, 15) is 14.7 Å². The molecule has 2 rings (SSSR count). The Kier molecular flexibility index (Phi) is 6.43. The first-order valence-electron chi connectivity index (χ1n) is 8.17. The summed E-state index contributed by atoms with van der Waals surface area (Å²) in [7, 11) is 0. The molecule has 1 aromatic rings. The van der Waals surface area contributed by atoms with Crippen molar-refractivity contribution in [1.82, 2.24) is 10.3 Å². The summed E-state index contributed by atoms with van der Waals surface area (Å²) < 4.78 is 0. The van der Waals surface area contributed by atoms with E-state index in [4.69, 9.17) is 0 Å². The van der Waals surface area contributed by atoms with Crippen molar-refractivity contribution in [2.45, 2.75) is 44.4 Å². The number of hydrogen-bond donors (Lipinski definition) is 2. The summed E-state index contributed by atoms with van der Waals surface area (Å²) in [6.07, 6.45) is 8.50. The second-order valence-electron chi connectivity index (χ2n) is 6.68. The minimum atomic E-state index is -1.08. The molecule has 6 heteroatoms. The second-order valence-corrected chi connectivity index (χ2v) is 7.85. The predicted molar refractivity (Wildman–Crippen MR) is 94.6 cm³/mol. The molecule has 5 nitrogen and oxygen atoms in total. The van der Waals surface area contributed by atoms with Crippen molar-refractivity contribution in [2.75, 3.05) is 5.75 Å². The van der Waals surface area contributed by atoms with Crippen molar-refractivity contribution >= 4 is 23.6 Å². The zero-order valence-corrected chi connectivity index (χ0v) is 14.9. The molecule has 0 spiro atoms. The number of amides is 1. The number of pyridine rings is 1. The van der Waals surface area contributed by atoms with Crippen LogP contribution < -0.4 is 5.32 Å². The van der Waals surface area contributed by atoms with Crippen molar-refractivity contribution in [1.29, 1.82) is 0 Å². The van der Waals surface area contributed by atoms with E-state index in [1.165, 1.54) is 4.90 Å². The molecule has 1 heterocycles. The number of carboxylic acids is 1. The van der Waals surface area contributed by atoms with Crippen LogP contribution in [0.1, 0.15) is 39.5 Å². The third-order valence-electron chi connectivity index (χ3n) is 4.18. The molecule has 1 aliphatic carbocycles. The van der Waals surface area contributed by atoms with Gasteiger partial charge in [0.05, 0.1) is 0 Å². The molecule has 1 fully saturated rings. The van der Waals surface area contributed by atoms with Gasteiger partial charge < -0.3 is 10.4 Å². The Morgan fingerprint density at radius 1 is 1.38 bits per heavy atom. The lowest BCUT2D eigenvalue weighted by Gasteiger charge is -2.07. The number of aromatic nitrogens is 1. The maximum absolute atomic E-state index is 12.0. The van der Waals surface area contributed by atoms with Gasteiger partial charge in [0.15, 0.2) is 0 Å². The van der Waals surface area contributed by atoms with Gasteiger partial charge in [-0.3, -0.25) is 9.78 Å². The molecular formula is C18H24N2O3S. The fraction of sp³-hybridized carbons (Fsp3) is 0.500. The first-order chi connectivity index (χ1) is 11.4. The van der Waals surface area contributed by atoms with Gasteiger partial charge in [0, 0.05) is 23.2 Å². The monoisotopic (exact) mass is 348 g/mol. The molecule has 2 N–H and O–H groups in total. The van der Waals surface area contributed by atoms with Crippen LogP contribution in [0.4, 0.5) is 0 Å². The summed E-state index contributed by atoms with van der Waals surface area (Å²) in [6.45, 7) is 4.03. The van der Waals surface area contributed by atoms with Gasteiger partial charge in [-0.25, -0.2) is 4.79 Å². The Labute approximate surface area is 146 Å². The number of allylic oxidation sites excluding steroid dienone is 1. The normalized spacial score (nSPS) is 18.9. The first kappa shape index (κ1) is 18.5. The summed E-state index contributed by atoms with van der Waals surface area (Å²) in [5, 5.41) is 11.8. The standard InChI is InChI=1S/C18H24N2O3S/c1-18(2)12-14(18)16(21)20-15(17(22)23)6-4-3-5-11-24-13-7-9-19-10-8-13/h6-10,14H,3-5,11-12H2,1-2H3,(H,20,21)(H,22,23)/b15-6+. The van der Waals surface area contributed by atoms with Gasteiger partial charge in [-0.05, 0) is 49.0 Å². The molecule has 24 heavy (non-hydrogen) atoms. The quantitative estimate of drug-likeness (QED) is 0.406. The van der Waals surface area contributed by atoms with Gasteiger partial charge in [-0.1, -0.05) is 19.9 Å². The van der Waals surface area contributed by atoms with Gasteiger partial charge in [-0.2, -0.15) is 0 Å². The molecule has 1 aliphatic rings. The van der Waals surface area contributed by atoms with Crippen LogP contribution in [0.25, 0.3) is 0 Å². The van der Waals surface area contributed by atoms with Crippen LogP contribution in [0.2, 0.25) is 0 Å². The summed E-state index contributed by atoms with van der Waals surface area (Å²) in [6, 6.07) is 3.95. The average Bonchev–Trinajstić information content (AvgIpc) is 3.19. The number of carbonyl (C=O) groups excluding carboxylic acids is 1. The van der Waals surface area contributed by atoms with Crippen molar-refractivity contribution in [2.24, 2.45) is 11.3 Å². The van der Waals surface area contributed by atoms with Crippen LogP contribution in [0.5, 0.6) is 0 Å². The number of nitrogens with one attached hydrogen (secondary N) is 1. The van der Waals surface area contributed by atoms with Gasteiger partial charge in [0.1, 0.15) is 5.70 Å². The highest BCUT2D eigenvalue weighted by Gasteiger charge is 2.50. The molecule has 0 aromatic carbocycles. The van der Waals surface area contributed by atoms with Crippen LogP contribution in [0.15, 0.2) is 41.2 Å².